The van der Waals surface area contributed by atoms with E-state index in [4.69, 9.17) is 30.1 Å². The van der Waals surface area contributed by atoms with Crippen LogP contribution in [-0.2, 0) is 40.1 Å². The topological polar surface area (TPSA) is 159 Å². The zero-order chi connectivity index (χ0) is 54.5. The fourth-order valence-electron chi connectivity index (χ4n) is 10.7. The number of nitrogen functional groups attached to an aromatic ring is 1. The number of amides is 1. The van der Waals surface area contributed by atoms with Crippen molar-refractivity contribution >= 4 is 50.8 Å². The monoisotopic (exact) mass is 1060 g/mol. The summed E-state index contributed by atoms with van der Waals surface area (Å²) in [4.78, 5) is 44.7. The molecule has 1 amide bonds. The minimum absolute atomic E-state index is 0.0119. The molecule has 0 bridgehead atoms. The second-order valence-electron chi connectivity index (χ2n) is 22.5. The Balaban J connectivity index is 0.000000170. The van der Waals surface area contributed by atoms with Crippen molar-refractivity contribution in [2.75, 3.05) is 76.7 Å². The zero-order valence-corrected chi connectivity index (χ0v) is 45.8. The minimum Gasteiger partial charge on any atom is -0.444 e. The van der Waals surface area contributed by atoms with Gasteiger partial charge in [-0.2, -0.15) is 10.2 Å². The molecule has 14 heteroatoms. The van der Waals surface area contributed by atoms with Crippen LogP contribution in [0.1, 0.15) is 102 Å². The number of anilines is 2. The second-order valence-corrected chi connectivity index (χ2v) is 22.5. The van der Waals surface area contributed by atoms with Gasteiger partial charge in [-0.25, -0.2) is 4.79 Å². The van der Waals surface area contributed by atoms with Gasteiger partial charge >= 0.3 is 6.09 Å². The number of ketones is 2. The number of benzene rings is 6. The van der Waals surface area contributed by atoms with E-state index in [0.29, 0.717) is 28.8 Å². The van der Waals surface area contributed by atoms with E-state index in [0.717, 1.165) is 164 Å². The van der Waals surface area contributed by atoms with Gasteiger partial charge < -0.3 is 19.9 Å². The normalized spacial score (nSPS) is 16.1. The number of hydrogen-bond donors (Lipinski definition) is 2. The van der Waals surface area contributed by atoms with Gasteiger partial charge in [-0.15, -0.1) is 0 Å². The van der Waals surface area contributed by atoms with Crippen LogP contribution in [0.2, 0.25) is 0 Å². The van der Waals surface area contributed by atoms with E-state index in [1.165, 1.54) is 12.8 Å². The van der Waals surface area contributed by atoms with E-state index in [-0.39, 0.29) is 24.4 Å². The summed E-state index contributed by atoms with van der Waals surface area (Å²) in [6, 6.07) is 44.0. The highest BCUT2D eigenvalue weighted by molar-refractivity contribution is 6.03. The molecule has 0 unspecified atom stereocenters. The molecule has 2 saturated carbocycles. The van der Waals surface area contributed by atoms with Crippen LogP contribution in [-0.4, -0.2) is 118 Å². The highest BCUT2D eigenvalue weighted by Gasteiger charge is 2.31. The molecule has 4 aliphatic rings. The van der Waals surface area contributed by atoms with Gasteiger partial charge in [-0.3, -0.25) is 34.1 Å². The van der Waals surface area contributed by atoms with Crippen molar-refractivity contribution < 1.29 is 28.6 Å². The van der Waals surface area contributed by atoms with E-state index in [1.807, 2.05) is 130 Å². The summed E-state index contributed by atoms with van der Waals surface area (Å²) < 4.78 is 20.7. The molecule has 3 N–H and O–H groups in total. The summed E-state index contributed by atoms with van der Waals surface area (Å²) in [5.74, 6) is 1.05. The molecule has 0 radical (unpaired) electrons. The number of Topliss-reactive ketones (excluding diaryl/α,β-unsaturated/α-hetero) is 2. The molecule has 4 fully saturated rings. The lowest BCUT2D eigenvalue weighted by Gasteiger charge is -2.26. The number of carbonyl (C=O) groups excluding carboxylic acids is 3. The lowest BCUT2D eigenvalue weighted by molar-refractivity contribution is 0.0360. The number of ether oxygens (including phenoxy) is 3. The highest BCUT2D eigenvalue weighted by atomic mass is 16.6. The molecule has 12 rings (SSSR count). The van der Waals surface area contributed by atoms with E-state index in [9.17, 15) is 14.4 Å². The quantitative estimate of drug-likeness (QED) is 0.0660. The summed E-state index contributed by atoms with van der Waals surface area (Å²) in [5, 5.41) is 15.1. The van der Waals surface area contributed by atoms with E-state index in [2.05, 4.69) is 48.7 Å². The number of carbonyl (C=O) groups is 3. The van der Waals surface area contributed by atoms with E-state index < -0.39 is 11.7 Å². The smallest absolute Gasteiger partial charge is 0.412 e. The molecule has 2 aliphatic heterocycles. The van der Waals surface area contributed by atoms with Crippen LogP contribution >= 0.6 is 0 Å². The average Bonchev–Trinajstić information content (AvgIpc) is 4.50. The number of aromatic nitrogens is 4. The van der Waals surface area contributed by atoms with Gasteiger partial charge in [0.1, 0.15) is 5.60 Å². The number of morpholine rings is 2. The lowest BCUT2D eigenvalue weighted by atomic mass is 9.96. The first-order valence-electron chi connectivity index (χ1n) is 28.2. The molecule has 2 saturated heterocycles. The first kappa shape index (κ1) is 53.5. The van der Waals surface area contributed by atoms with Gasteiger partial charge in [0, 0.05) is 97.2 Å². The van der Waals surface area contributed by atoms with Crippen LogP contribution in [0.4, 0.5) is 16.2 Å². The van der Waals surface area contributed by atoms with Crippen LogP contribution in [0.25, 0.3) is 44.1 Å². The Morgan fingerprint density at radius 1 is 0.557 bits per heavy atom. The number of nitrogens with one attached hydrogen (secondary N) is 1. The number of nitrogens with two attached hydrogens (primary N) is 1. The summed E-state index contributed by atoms with van der Waals surface area (Å²) in [5.41, 5.74) is 18.5. The van der Waals surface area contributed by atoms with Gasteiger partial charge in [-0.1, -0.05) is 72.8 Å². The number of nitrogens with zero attached hydrogens (tertiary/aromatic N) is 6. The molecule has 0 spiro atoms. The molecular formula is C65H72N8O6. The Bertz CT molecular complexity index is 3450. The standard InChI is InChI=1S/C35H40N4O4.C30H32N4O2/c1-35(2,3)43-34(41)36-30-13-11-26(24-7-5-4-6-8-24)21-28(30)23-32(40)27-12-14-31-29(22-27)33(25-9-10-25)37-39(31)16-15-38-17-19-42-20-18-38;31-27-10-8-23(21-4-2-1-3-5-21)18-25(27)20-29(35)24-9-11-28-26(19-24)30(22-6-7-22)32-34(28)13-12-33-14-16-36-17-15-33/h4-8,11-14,21-22,25H,9-10,15-20,23H2,1-3H3,(H,36,41);1-5,8-11,18-19,22H,6-7,12-17,20,31H2. The Hall–Kier alpha value is -7.49. The van der Waals surface area contributed by atoms with Crippen LogP contribution in [0.5, 0.6) is 0 Å². The molecule has 0 atom stereocenters. The largest absolute Gasteiger partial charge is 0.444 e. The summed E-state index contributed by atoms with van der Waals surface area (Å²) in [7, 11) is 0. The van der Waals surface area contributed by atoms with Crippen molar-refractivity contribution in [3.8, 4) is 22.3 Å². The molecule has 6 aromatic carbocycles. The number of hydrogen-bond acceptors (Lipinski definition) is 11. The maximum atomic E-state index is 13.8. The van der Waals surface area contributed by atoms with Crippen molar-refractivity contribution in [1.82, 2.24) is 29.4 Å². The van der Waals surface area contributed by atoms with Gasteiger partial charge in [0.15, 0.2) is 11.6 Å². The van der Waals surface area contributed by atoms with Gasteiger partial charge in [0.2, 0.25) is 0 Å². The fraction of sp³-hybridized carbons (Fsp3) is 0.369. The lowest BCUT2D eigenvalue weighted by Crippen LogP contribution is -2.38. The fourth-order valence-corrected chi connectivity index (χ4v) is 10.7. The minimum atomic E-state index is -0.634. The van der Waals surface area contributed by atoms with Gasteiger partial charge in [0.05, 0.1) is 61.9 Å². The highest BCUT2D eigenvalue weighted by Crippen LogP contribution is 2.44. The third-order valence-corrected chi connectivity index (χ3v) is 15.4. The number of rotatable bonds is 17. The Kier molecular flexibility index (Phi) is 16.2. The maximum absolute atomic E-state index is 13.8. The predicted octanol–water partition coefficient (Wildman–Crippen LogP) is 11.6. The Labute approximate surface area is 462 Å². The van der Waals surface area contributed by atoms with Crippen LogP contribution < -0.4 is 11.1 Å². The Morgan fingerprint density at radius 2 is 1.01 bits per heavy atom. The third kappa shape index (κ3) is 13.3. The number of fused-ring (bicyclic) bond motifs is 2. The van der Waals surface area contributed by atoms with Crippen molar-refractivity contribution in [3.63, 3.8) is 0 Å². The molecule has 4 heterocycles. The van der Waals surface area contributed by atoms with Gasteiger partial charge in [0.25, 0.3) is 0 Å². The van der Waals surface area contributed by atoms with Crippen LogP contribution in [0.3, 0.4) is 0 Å². The second kappa shape index (κ2) is 23.9. The average molecular weight is 1060 g/mol. The summed E-state index contributed by atoms with van der Waals surface area (Å²) in [6.45, 7) is 16.0. The summed E-state index contributed by atoms with van der Waals surface area (Å²) in [6.07, 6.45) is 4.50. The van der Waals surface area contributed by atoms with Crippen molar-refractivity contribution in [2.24, 2.45) is 0 Å². The summed E-state index contributed by atoms with van der Waals surface area (Å²) >= 11 is 0. The SMILES string of the molecule is CC(C)(C)OC(=O)Nc1ccc(-c2ccccc2)cc1CC(=O)c1ccc2c(c1)c(C1CC1)nn2CCN1CCOCC1.Nc1ccc(-c2ccccc2)cc1CC(=O)c1ccc2c(c1)c(C1CC1)nn2CCN1CCOCC1. The molecule has 2 aliphatic carbocycles. The predicted molar refractivity (Wildman–Crippen MR) is 312 cm³/mol. The molecular weight excluding hydrogens is 989 g/mol. The first-order chi connectivity index (χ1) is 38.4. The van der Waals surface area contributed by atoms with Gasteiger partial charge in [-0.05, 0) is 140 Å². The van der Waals surface area contributed by atoms with Crippen LogP contribution in [0.15, 0.2) is 133 Å². The van der Waals surface area contributed by atoms with Crippen molar-refractivity contribution in [2.45, 2.75) is 89.8 Å². The molecule has 14 nitrogen and oxygen atoms in total. The molecule has 8 aromatic rings. The van der Waals surface area contributed by atoms with Crippen molar-refractivity contribution in [3.05, 3.63) is 167 Å². The van der Waals surface area contributed by atoms with Crippen LogP contribution in [0, 0.1) is 0 Å². The Morgan fingerprint density at radius 3 is 1.48 bits per heavy atom. The zero-order valence-electron chi connectivity index (χ0n) is 45.8. The molecule has 79 heavy (non-hydrogen) atoms. The van der Waals surface area contributed by atoms with E-state index in [1.54, 1.807) is 0 Å². The first-order valence-corrected chi connectivity index (χ1v) is 28.2. The third-order valence-electron chi connectivity index (χ3n) is 15.4. The maximum Gasteiger partial charge on any atom is 0.412 e. The molecule has 408 valence electrons. The van der Waals surface area contributed by atoms with Crippen molar-refractivity contribution in [1.29, 1.82) is 0 Å². The van der Waals surface area contributed by atoms with E-state index >= 15 is 0 Å². The molecule has 2 aromatic heterocycles.